The van der Waals surface area contributed by atoms with Crippen molar-refractivity contribution >= 4 is 34.5 Å². The predicted molar refractivity (Wildman–Crippen MR) is 82.6 cm³/mol. The molecular formula is C15H13N3O2S. The fourth-order valence-electron chi connectivity index (χ4n) is 2.28. The second kappa shape index (κ2) is 6.37. The van der Waals surface area contributed by atoms with Crippen LogP contribution in [0.2, 0.25) is 0 Å². The van der Waals surface area contributed by atoms with Gasteiger partial charge in [0.05, 0.1) is 12.7 Å². The highest BCUT2D eigenvalue weighted by Crippen LogP contribution is 2.34. The maximum Gasteiger partial charge on any atom is 0.318 e. The number of esters is 1. The minimum atomic E-state index is -0.705. The molecule has 1 aliphatic heterocycles. The van der Waals surface area contributed by atoms with Crippen LogP contribution in [-0.2, 0) is 9.53 Å². The first-order valence-electron chi connectivity index (χ1n) is 6.38. The highest BCUT2D eigenvalue weighted by Gasteiger charge is 2.36. The Hall–Kier alpha value is -2.39. The normalized spacial score (nSPS) is 18.0. The molecule has 0 aliphatic carbocycles. The molecule has 1 atom stereocenters. The van der Waals surface area contributed by atoms with Gasteiger partial charge in [0.15, 0.2) is 0 Å². The van der Waals surface area contributed by atoms with E-state index < -0.39 is 11.9 Å². The summed E-state index contributed by atoms with van der Waals surface area (Å²) in [5, 5.41) is 9.39. The van der Waals surface area contributed by atoms with Crippen LogP contribution in [0.1, 0.15) is 18.9 Å². The van der Waals surface area contributed by atoms with Gasteiger partial charge in [-0.05, 0) is 24.1 Å². The van der Waals surface area contributed by atoms with Crippen LogP contribution in [0, 0.1) is 17.2 Å². The molecule has 0 amide bonds. The molecule has 0 spiro atoms. The number of dihydropyridines is 1. The molecule has 2 heterocycles. The van der Waals surface area contributed by atoms with Gasteiger partial charge in [-0.1, -0.05) is 19.1 Å². The minimum absolute atomic E-state index is 0.210. The van der Waals surface area contributed by atoms with E-state index in [1.807, 2.05) is 6.92 Å². The van der Waals surface area contributed by atoms with Crippen molar-refractivity contribution in [2.45, 2.75) is 13.3 Å². The molecule has 0 radical (unpaired) electrons. The zero-order valence-electron chi connectivity index (χ0n) is 11.7. The average Bonchev–Trinajstić information content (AvgIpc) is 2.53. The number of thiocarbonyl (C=S) groups is 1. The van der Waals surface area contributed by atoms with Crippen LogP contribution in [0.25, 0.3) is 5.57 Å². The van der Waals surface area contributed by atoms with Crippen LogP contribution in [0.4, 0.5) is 0 Å². The van der Waals surface area contributed by atoms with Gasteiger partial charge in [0, 0.05) is 23.7 Å². The first-order chi connectivity index (χ1) is 10.1. The molecule has 6 heteroatoms. The molecular weight excluding hydrogens is 286 g/mol. The predicted octanol–water partition coefficient (Wildman–Crippen LogP) is 2.34. The zero-order chi connectivity index (χ0) is 15.4. The Balaban J connectivity index is 2.70. The minimum Gasteiger partial charge on any atom is -0.468 e. The molecule has 0 saturated carbocycles. The van der Waals surface area contributed by atoms with Crippen molar-refractivity contribution in [1.82, 2.24) is 4.98 Å². The summed E-state index contributed by atoms with van der Waals surface area (Å²) in [6.07, 6.45) is 3.76. The molecule has 21 heavy (non-hydrogen) atoms. The Kier molecular flexibility index (Phi) is 4.55. The van der Waals surface area contributed by atoms with Gasteiger partial charge in [-0.15, -0.1) is 0 Å². The highest BCUT2D eigenvalue weighted by atomic mass is 32.1. The van der Waals surface area contributed by atoms with E-state index >= 15 is 0 Å². The fourth-order valence-corrected chi connectivity index (χ4v) is 2.56. The summed E-state index contributed by atoms with van der Waals surface area (Å²) >= 11 is 5.19. The Morgan fingerprint density at radius 3 is 2.67 bits per heavy atom. The number of carbonyl (C=O) groups is 1. The number of hydrogen-bond acceptors (Lipinski definition) is 5. The van der Waals surface area contributed by atoms with Gasteiger partial charge in [-0.2, -0.15) is 5.26 Å². The number of carbonyl (C=O) groups excluding carboxylic acids is 1. The van der Waals surface area contributed by atoms with Gasteiger partial charge < -0.3 is 4.74 Å². The number of methoxy groups -OCH3 is 1. The molecule has 5 nitrogen and oxygen atoms in total. The van der Waals surface area contributed by atoms with Crippen molar-refractivity contribution in [3.63, 3.8) is 0 Å². The largest absolute Gasteiger partial charge is 0.468 e. The standard InChI is InChI=1S/C15H13N3O2S/c1-3-11-13(15(19)20-2)12(9-4-6-17-7-5-9)10(8-16)14(21)18-11/h4-7,13H,3H2,1-2H3. The summed E-state index contributed by atoms with van der Waals surface area (Å²) in [6, 6.07) is 5.54. The van der Waals surface area contributed by atoms with Crippen LogP contribution in [-0.4, -0.2) is 28.8 Å². The third-order valence-electron chi connectivity index (χ3n) is 3.25. The second-order valence-electron chi connectivity index (χ2n) is 4.35. The monoisotopic (exact) mass is 299 g/mol. The second-order valence-corrected chi connectivity index (χ2v) is 4.74. The van der Waals surface area contributed by atoms with E-state index in [-0.39, 0.29) is 10.6 Å². The molecule has 1 aliphatic rings. The van der Waals surface area contributed by atoms with E-state index in [1.54, 1.807) is 24.5 Å². The van der Waals surface area contributed by atoms with Crippen LogP contribution >= 0.6 is 12.2 Å². The number of aliphatic imine (C=N–C) groups is 1. The van der Waals surface area contributed by atoms with Gasteiger partial charge in [-0.25, -0.2) is 4.99 Å². The number of hydrogen-bond donors (Lipinski definition) is 0. The van der Waals surface area contributed by atoms with E-state index in [2.05, 4.69) is 16.0 Å². The molecule has 1 aromatic rings. The van der Waals surface area contributed by atoms with Crippen LogP contribution in [0.15, 0.2) is 35.1 Å². The maximum absolute atomic E-state index is 12.2. The third-order valence-corrected chi connectivity index (χ3v) is 3.55. The molecule has 0 aromatic carbocycles. The Morgan fingerprint density at radius 2 is 2.14 bits per heavy atom. The van der Waals surface area contributed by atoms with Crippen molar-refractivity contribution in [3.05, 3.63) is 35.7 Å². The Morgan fingerprint density at radius 1 is 1.48 bits per heavy atom. The number of pyridine rings is 1. The van der Waals surface area contributed by atoms with Crippen molar-refractivity contribution in [1.29, 1.82) is 5.26 Å². The summed E-state index contributed by atoms with van der Waals surface area (Å²) in [6.45, 7) is 1.89. The zero-order valence-corrected chi connectivity index (χ0v) is 12.5. The molecule has 2 rings (SSSR count). The van der Waals surface area contributed by atoms with E-state index in [0.717, 1.165) is 5.56 Å². The summed E-state index contributed by atoms with van der Waals surface area (Å²) in [7, 11) is 1.32. The van der Waals surface area contributed by atoms with Crippen LogP contribution < -0.4 is 0 Å². The Labute approximate surface area is 128 Å². The molecule has 106 valence electrons. The first kappa shape index (κ1) is 15.0. The van der Waals surface area contributed by atoms with Crippen molar-refractivity contribution in [2.24, 2.45) is 10.9 Å². The summed E-state index contributed by atoms with van der Waals surface area (Å²) in [5.41, 5.74) is 2.12. The summed E-state index contributed by atoms with van der Waals surface area (Å²) in [4.78, 5) is 20.6. The van der Waals surface area contributed by atoms with E-state index in [1.165, 1.54) is 7.11 Å². The number of ether oxygens (including phenoxy) is 1. The van der Waals surface area contributed by atoms with E-state index in [4.69, 9.17) is 17.0 Å². The topological polar surface area (TPSA) is 75.3 Å². The van der Waals surface area contributed by atoms with E-state index in [0.29, 0.717) is 17.7 Å². The lowest BCUT2D eigenvalue weighted by atomic mass is 9.82. The molecule has 0 saturated heterocycles. The van der Waals surface area contributed by atoms with Gasteiger partial charge in [0.25, 0.3) is 0 Å². The lowest BCUT2D eigenvalue weighted by molar-refractivity contribution is -0.141. The molecule has 1 unspecified atom stereocenters. The lowest BCUT2D eigenvalue weighted by Gasteiger charge is -2.25. The summed E-state index contributed by atoms with van der Waals surface area (Å²) < 4.78 is 4.88. The van der Waals surface area contributed by atoms with Crippen LogP contribution in [0.5, 0.6) is 0 Å². The smallest absolute Gasteiger partial charge is 0.318 e. The van der Waals surface area contributed by atoms with Crippen LogP contribution in [0.3, 0.4) is 0 Å². The molecule has 0 N–H and O–H groups in total. The van der Waals surface area contributed by atoms with Crippen molar-refractivity contribution in [3.8, 4) is 6.07 Å². The van der Waals surface area contributed by atoms with Gasteiger partial charge in [0.1, 0.15) is 17.0 Å². The summed E-state index contributed by atoms with van der Waals surface area (Å²) in [5.74, 6) is -1.15. The van der Waals surface area contributed by atoms with Gasteiger partial charge in [0.2, 0.25) is 0 Å². The number of nitrogens with zero attached hydrogens (tertiary/aromatic N) is 3. The first-order valence-corrected chi connectivity index (χ1v) is 6.79. The van der Waals surface area contributed by atoms with Gasteiger partial charge >= 0.3 is 5.97 Å². The fraction of sp³-hybridized carbons (Fsp3) is 0.267. The third kappa shape index (κ3) is 2.73. The highest BCUT2D eigenvalue weighted by molar-refractivity contribution is 7.80. The van der Waals surface area contributed by atoms with Crippen molar-refractivity contribution < 1.29 is 9.53 Å². The quantitative estimate of drug-likeness (QED) is 0.632. The Bertz CT molecular complexity index is 687. The van der Waals surface area contributed by atoms with Crippen molar-refractivity contribution in [2.75, 3.05) is 7.11 Å². The maximum atomic E-state index is 12.2. The lowest BCUT2D eigenvalue weighted by Crippen LogP contribution is -2.31. The molecule has 0 bridgehead atoms. The van der Waals surface area contributed by atoms with E-state index in [9.17, 15) is 10.1 Å². The number of nitriles is 1. The van der Waals surface area contributed by atoms with Gasteiger partial charge in [-0.3, -0.25) is 9.78 Å². The molecule has 0 fully saturated rings. The molecule has 1 aromatic heterocycles. The number of rotatable bonds is 3. The SMILES string of the molecule is CCC1=NC(=S)C(C#N)=C(c2ccncc2)C1C(=O)OC. The number of aromatic nitrogens is 1. The average molecular weight is 299 g/mol.